The zero-order chi connectivity index (χ0) is 20.6. The van der Waals surface area contributed by atoms with Crippen LogP contribution in [0.1, 0.15) is 48.6 Å². The Balaban J connectivity index is 1.54. The maximum Gasteiger partial charge on any atom is 0.233 e. The Morgan fingerprint density at radius 3 is 2.69 bits per heavy atom. The molecular weight excluding hydrogens is 402 g/mol. The van der Waals surface area contributed by atoms with E-state index in [1.165, 1.54) is 26.9 Å². The Labute approximate surface area is 179 Å². The third-order valence-corrected chi connectivity index (χ3v) is 6.99. The van der Waals surface area contributed by atoms with Crippen molar-refractivity contribution in [2.24, 2.45) is 0 Å². The third kappa shape index (κ3) is 3.91. The minimum absolute atomic E-state index is 0.0415. The van der Waals surface area contributed by atoms with Crippen LogP contribution in [0.3, 0.4) is 0 Å². The third-order valence-electron chi connectivity index (χ3n) is 5.06. The fourth-order valence-corrected chi connectivity index (χ4v) is 5.32. The molecule has 8 heteroatoms. The molecule has 1 aromatic carbocycles. The Morgan fingerprint density at radius 2 is 2.00 bits per heavy atom. The van der Waals surface area contributed by atoms with E-state index in [9.17, 15) is 4.79 Å². The van der Waals surface area contributed by atoms with Gasteiger partial charge in [-0.1, -0.05) is 62.9 Å². The second-order valence-corrected chi connectivity index (χ2v) is 10.1. The monoisotopic (exact) mass is 427 g/mol. The first-order chi connectivity index (χ1) is 13.9. The second-order valence-electron chi connectivity index (χ2n) is 8.16. The summed E-state index contributed by atoms with van der Waals surface area (Å²) in [6.45, 7) is 6.83. The smallest absolute Gasteiger partial charge is 0.233 e. The van der Waals surface area contributed by atoms with E-state index in [2.05, 4.69) is 33.8 Å². The van der Waals surface area contributed by atoms with Gasteiger partial charge in [0, 0.05) is 16.8 Å². The highest BCUT2D eigenvalue weighted by atomic mass is 32.2. The number of hydrogen-bond donors (Lipinski definition) is 1. The number of carbonyl (C=O) groups excluding carboxylic acids is 1. The predicted octanol–water partition coefficient (Wildman–Crippen LogP) is 3.62. The van der Waals surface area contributed by atoms with E-state index in [0.717, 1.165) is 18.5 Å². The Kier molecular flexibility index (Phi) is 5.40. The number of aromatic nitrogens is 3. The van der Waals surface area contributed by atoms with Crippen molar-refractivity contribution >= 4 is 29.0 Å². The first kappa shape index (κ1) is 20.0. The van der Waals surface area contributed by atoms with Gasteiger partial charge in [-0.15, -0.1) is 21.5 Å². The summed E-state index contributed by atoms with van der Waals surface area (Å²) in [5.74, 6) is 7.24. The molecule has 2 N–H and O–H groups in total. The molecule has 2 aromatic heterocycles. The highest BCUT2D eigenvalue weighted by Crippen LogP contribution is 2.38. The quantitative estimate of drug-likeness (QED) is 0.508. The van der Waals surface area contributed by atoms with Crippen molar-refractivity contribution < 1.29 is 4.79 Å². The Hall–Kier alpha value is -2.32. The summed E-state index contributed by atoms with van der Waals surface area (Å²) in [7, 11) is 0. The molecule has 1 unspecified atom stereocenters. The van der Waals surface area contributed by atoms with Gasteiger partial charge in [-0.05, 0) is 29.0 Å². The van der Waals surface area contributed by atoms with E-state index in [1.54, 1.807) is 11.3 Å². The molecule has 1 amide bonds. The predicted molar refractivity (Wildman–Crippen MR) is 118 cm³/mol. The molecule has 3 aromatic rings. The van der Waals surface area contributed by atoms with E-state index < -0.39 is 0 Å². The molecule has 1 atom stereocenters. The lowest BCUT2D eigenvalue weighted by Crippen LogP contribution is -2.41. The maximum absolute atomic E-state index is 13.2. The number of fused-ring (bicyclic) bond motifs is 1. The van der Waals surface area contributed by atoms with Crippen molar-refractivity contribution in [3.63, 3.8) is 0 Å². The normalized spacial score (nSPS) is 16.7. The lowest BCUT2D eigenvalue weighted by atomic mass is 9.93. The SMILES string of the molecule is CC(C)(C)c1nnc(SCC(=O)N2CCc3sccc3C2c2ccccc2)n1N. The number of thiophene rings is 1. The van der Waals surface area contributed by atoms with E-state index in [0.29, 0.717) is 11.0 Å². The molecule has 152 valence electrons. The number of nitrogens with two attached hydrogens (primary N) is 1. The van der Waals surface area contributed by atoms with Gasteiger partial charge in [-0.2, -0.15) is 0 Å². The maximum atomic E-state index is 13.2. The number of nitrogen functional groups attached to an aromatic ring is 1. The molecule has 3 heterocycles. The van der Waals surface area contributed by atoms with Crippen LogP contribution in [0.25, 0.3) is 0 Å². The van der Waals surface area contributed by atoms with Crippen LogP contribution in [0.4, 0.5) is 0 Å². The van der Waals surface area contributed by atoms with Gasteiger partial charge < -0.3 is 10.7 Å². The van der Waals surface area contributed by atoms with Crippen molar-refractivity contribution in [2.45, 2.75) is 43.8 Å². The summed E-state index contributed by atoms with van der Waals surface area (Å²) < 4.78 is 1.50. The molecule has 6 nitrogen and oxygen atoms in total. The van der Waals surface area contributed by atoms with Gasteiger partial charge in [-0.3, -0.25) is 4.79 Å². The van der Waals surface area contributed by atoms with Crippen molar-refractivity contribution in [3.05, 3.63) is 63.6 Å². The summed E-state index contributed by atoms with van der Waals surface area (Å²) in [4.78, 5) is 16.6. The van der Waals surface area contributed by atoms with Crippen LogP contribution < -0.4 is 5.84 Å². The van der Waals surface area contributed by atoms with Crippen LogP contribution in [-0.2, 0) is 16.6 Å². The minimum Gasteiger partial charge on any atom is -0.336 e. The summed E-state index contributed by atoms with van der Waals surface area (Å²) in [6.07, 6.45) is 0.897. The van der Waals surface area contributed by atoms with Gasteiger partial charge in [0.05, 0.1) is 11.8 Å². The van der Waals surface area contributed by atoms with Crippen LogP contribution in [0.2, 0.25) is 0 Å². The molecule has 1 aliphatic rings. The Bertz CT molecular complexity index is 1010. The summed E-state index contributed by atoms with van der Waals surface area (Å²) >= 11 is 3.12. The van der Waals surface area contributed by atoms with Crippen LogP contribution in [0.5, 0.6) is 0 Å². The zero-order valence-electron chi connectivity index (χ0n) is 16.8. The summed E-state index contributed by atoms with van der Waals surface area (Å²) in [5.41, 5.74) is 2.18. The van der Waals surface area contributed by atoms with Crippen molar-refractivity contribution in [1.29, 1.82) is 0 Å². The minimum atomic E-state index is -0.203. The Morgan fingerprint density at radius 1 is 1.24 bits per heavy atom. The number of benzene rings is 1. The molecule has 0 spiro atoms. The lowest BCUT2D eigenvalue weighted by molar-refractivity contribution is -0.130. The van der Waals surface area contributed by atoms with E-state index in [1.807, 2.05) is 43.9 Å². The first-order valence-electron chi connectivity index (χ1n) is 9.60. The number of nitrogens with zero attached hydrogens (tertiary/aromatic N) is 4. The van der Waals surface area contributed by atoms with Crippen molar-refractivity contribution in [1.82, 2.24) is 19.8 Å². The van der Waals surface area contributed by atoms with Gasteiger partial charge >= 0.3 is 0 Å². The number of amides is 1. The average molecular weight is 428 g/mol. The summed E-state index contributed by atoms with van der Waals surface area (Å²) in [5, 5.41) is 11.1. The van der Waals surface area contributed by atoms with Gasteiger partial charge in [0.2, 0.25) is 11.1 Å². The van der Waals surface area contributed by atoms with Gasteiger partial charge in [0.25, 0.3) is 0 Å². The molecule has 0 fully saturated rings. The van der Waals surface area contributed by atoms with Crippen LogP contribution in [0, 0.1) is 0 Å². The fourth-order valence-electron chi connectivity index (χ4n) is 3.68. The largest absolute Gasteiger partial charge is 0.336 e. The van der Waals surface area contributed by atoms with Gasteiger partial charge in [0.1, 0.15) is 0 Å². The fraction of sp³-hybridized carbons (Fsp3) is 0.381. The highest BCUT2D eigenvalue weighted by molar-refractivity contribution is 7.99. The average Bonchev–Trinajstić information content (AvgIpc) is 3.32. The number of thioether (sulfide) groups is 1. The molecule has 0 aliphatic carbocycles. The van der Waals surface area contributed by atoms with Crippen molar-refractivity contribution in [3.8, 4) is 0 Å². The molecule has 0 radical (unpaired) electrons. The number of hydrogen-bond acceptors (Lipinski definition) is 6. The standard InChI is InChI=1S/C21H25N5OS2/c1-21(2,3)19-23-24-20(26(19)22)29-13-17(27)25-11-9-16-15(10-12-28-16)18(25)14-7-5-4-6-8-14/h4-8,10,12,18H,9,11,13,22H2,1-3H3. The van der Waals surface area contributed by atoms with E-state index in [-0.39, 0.29) is 23.1 Å². The summed E-state index contributed by atoms with van der Waals surface area (Å²) in [6, 6.07) is 12.4. The molecule has 1 aliphatic heterocycles. The topological polar surface area (TPSA) is 77.0 Å². The van der Waals surface area contributed by atoms with Crippen molar-refractivity contribution in [2.75, 3.05) is 18.1 Å². The highest BCUT2D eigenvalue weighted by Gasteiger charge is 2.33. The lowest BCUT2D eigenvalue weighted by Gasteiger charge is -2.36. The second kappa shape index (κ2) is 7.84. The first-order valence-corrected chi connectivity index (χ1v) is 11.5. The van der Waals surface area contributed by atoms with Crippen LogP contribution >= 0.6 is 23.1 Å². The molecule has 0 saturated carbocycles. The number of rotatable bonds is 4. The van der Waals surface area contributed by atoms with E-state index >= 15 is 0 Å². The zero-order valence-corrected chi connectivity index (χ0v) is 18.5. The molecule has 4 rings (SSSR count). The van der Waals surface area contributed by atoms with E-state index in [4.69, 9.17) is 5.84 Å². The van der Waals surface area contributed by atoms with Crippen LogP contribution in [0.15, 0.2) is 46.9 Å². The molecule has 0 saturated heterocycles. The van der Waals surface area contributed by atoms with Gasteiger partial charge in [-0.25, -0.2) is 4.68 Å². The number of carbonyl (C=O) groups is 1. The molecule has 29 heavy (non-hydrogen) atoms. The van der Waals surface area contributed by atoms with Crippen LogP contribution in [-0.4, -0.2) is 38.0 Å². The molecule has 0 bridgehead atoms. The molecular formula is C21H25N5OS2. The van der Waals surface area contributed by atoms with Gasteiger partial charge in [0.15, 0.2) is 5.82 Å².